The van der Waals surface area contributed by atoms with Crippen molar-refractivity contribution in [2.75, 3.05) is 12.4 Å². The van der Waals surface area contributed by atoms with Crippen LogP contribution in [0.1, 0.15) is 23.6 Å². The van der Waals surface area contributed by atoms with Crippen molar-refractivity contribution >= 4 is 11.7 Å². The number of carbonyl (C=O) groups is 1. The van der Waals surface area contributed by atoms with Crippen molar-refractivity contribution in [3.8, 4) is 11.4 Å². The van der Waals surface area contributed by atoms with Gasteiger partial charge in [0.05, 0.1) is 18.5 Å². The smallest absolute Gasteiger partial charge is 0.226 e. The second-order valence-corrected chi connectivity index (χ2v) is 5.91. The van der Waals surface area contributed by atoms with Gasteiger partial charge in [0.1, 0.15) is 23.7 Å². The van der Waals surface area contributed by atoms with E-state index in [2.05, 4.69) is 10.3 Å². The van der Waals surface area contributed by atoms with E-state index < -0.39 is 0 Å². The van der Waals surface area contributed by atoms with Crippen molar-refractivity contribution in [2.45, 2.75) is 12.3 Å². The first-order chi connectivity index (χ1) is 12.2. The summed E-state index contributed by atoms with van der Waals surface area (Å²) in [5, 5.41) is 2.90. The van der Waals surface area contributed by atoms with E-state index in [1.165, 1.54) is 12.1 Å². The van der Waals surface area contributed by atoms with Crippen LogP contribution in [-0.4, -0.2) is 22.6 Å². The monoisotopic (exact) mass is 337 g/mol. The van der Waals surface area contributed by atoms with Crippen molar-refractivity contribution in [1.82, 2.24) is 9.55 Å². The second kappa shape index (κ2) is 6.05. The number of fused-ring (bicyclic) bond motifs is 1. The van der Waals surface area contributed by atoms with Crippen molar-refractivity contribution in [2.24, 2.45) is 0 Å². The zero-order chi connectivity index (χ0) is 17.4. The van der Waals surface area contributed by atoms with Crippen molar-refractivity contribution in [1.29, 1.82) is 0 Å². The van der Waals surface area contributed by atoms with Crippen LogP contribution < -0.4 is 10.1 Å². The van der Waals surface area contributed by atoms with Gasteiger partial charge in [-0.15, -0.1) is 0 Å². The summed E-state index contributed by atoms with van der Waals surface area (Å²) in [7, 11) is 1.61. The van der Waals surface area contributed by atoms with E-state index in [4.69, 9.17) is 4.74 Å². The van der Waals surface area contributed by atoms with E-state index in [9.17, 15) is 9.18 Å². The molecule has 1 atom stereocenters. The second-order valence-electron chi connectivity index (χ2n) is 5.91. The van der Waals surface area contributed by atoms with Gasteiger partial charge in [-0.1, -0.05) is 18.2 Å². The van der Waals surface area contributed by atoms with Crippen molar-refractivity contribution in [3.05, 3.63) is 71.9 Å². The minimum Gasteiger partial charge on any atom is -0.497 e. The molecule has 1 aliphatic rings. The quantitative estimate of drug-likeness (QED) is 0.796. The first-order valence-corrected chi connectivity index (χ1v) is 7.92. The highest BCUT2D eigenvalue weighted by Crippen LogP contribution is 2.37. The third-order valence-electron chi connectivity index (χ3n) is 4.38. The largest absolute Gasteiger partial charge is 0.497 e. The van der Waals surface area contributed by atoms with Gasteiger partial charge in [-0.25, -0.2) is 9.37 Å². The summed E-state index contributed by atoms with van der Waals surface area (Å²) in [6, 6.07) is 13.7. The van der Waals surface area contributed by atoms with Gasteiger partial charge in [0.15, 0.2) is 0 Å². The summed E-state index contributed by atoms with van der Waals surface area (Å²) in [4.78, 5) is 16.7. The lowest BCUT2D eigenvalue weighted by Gasteiger charge is -2.23. The molecule has 1 N–H and O–H groups in total. The van der Waals surface area contributed by atoms with Crippen LogP contribution in [0, 0.1) is 5.82 Å². The Morgan fingerprint density at radius 2 is 2.04 bits per heavy atom. The van der Waals surface area contributed by atoms with Gasteiger partial charge in [-0.05, 0) is 29.8 Å². The van der Waals surface area contributed by atoms with E-state index in [1.54, 1.807) is 25.6 Å². The van der Waals surface area contributed by atoms with Crippen LogP contribution in [0.3, 0.4) is 0 Å². The van der Waals surface area contributed by atoms with Crippen LogP contribution in [0.2, 0.25) is 0 Å². The SMILES string of the molecule is COc1cccc(-n2cnc3c2NC(=O)CC3c2ccc(F)cc2)c1. The number of halogens is 1. The van der Waals surface area contributed by atoms with Gasteiger partial charge in [0, 0.05) is 18.4 Å². The summed E-state index contributed by atoms with van der Waals surface area (Å²) < 4.78 is 20.3. The van der Waals surface area contributed by atoms with Crippen molar-refractivity contribution in [3.63, 3.8) is 0 Å². The molecule has 0 bridgehead atoms. The Bertz CT molecular complexity index is 934. The average molecular weight is 337 g/mol. The summed E-state index contributed by atoms with van der Waals surface area (Å²) in [5.74, 6) is 0.768. The Labute approximate surface area is 144 Å². The fraction of sp³-hybridized carbons (Fsp3) is 0.158. The number of hydrogen-bond acceptors (Lipinski definition) is 3. The Hall–Kier alpha value is -3.15. The van der Waals surface area contributed by atoms with Crippen molar-refractivity contribution < 1.29 is 13.9 Å². The number of hydrogen-bond donors (Lipinski definition) is 1. The maximum absolute atomic E-state index is 13.2. The van der Waals surface area contributed by atoms with Gasteiger partial charge >= 0.3 is 0 Å². The maximum Gasteiger partial charge on any atom is 0.226 e. The number of methoxy groups -OCH3 is 1. The molecular weight excluding hydrogens is 321 g/mol. The molecule has 1 aromatic heterocycles. The standard InChI is InChI=1S/C19H16FN3O2/c1-25-15-4-2-3-14(9-15)23-11-21-18-16(10-17(24)22-19(18)23)12-5-7-13(20)8-6-12/h2-9,11,16H,10H2,1H3,(H,22,24). The molecule has 2 heterocycles. The number of anilines is 1. The number of rotatable bonds is 3. The molecule has 3 aromatic rings. The molecule has 4 rings (SSSR count). The van der Waals surface area contributed by atoms with Gasteiger partial charge in [-0.3, -0.25) is 9.36 Å². The molecule has 1 aliphatic heterocycles. The lowest BCUT2D eigenvalue weighted by atomic mass is 9.90. The van der Waals surface area contributed by atoms with E-state index in [0.29, 0.717) is 5.82 Å². The summed E-state index contributed by atoms with van der Waals surface area (Å²) in [5.41, 5.74) is 2.48. The minimum absolute atomic E-state index is 0.0912. The molecule has 0 fully saturated rings. The third-order valence-corrected chi connectivity index (χ3v) is 4.38. The zero-order valence-corrected chi connectivity index (χ0v) is 13.6. The summed E-state index contributed by atoms with van der Waals surface area (Å²) in [6.45, 7) is 0. The fourth-order valence-electron chi connectivity index (χ4n) is 3.13. The van der Waals surface area contributed by atoms with Crippen LogP contribution in [0.25, 0.3) is 5.69 Å². The Morgan fingerprint density at radius 1 is 1.24 bits per heavy atom. The molecule has 0 aliphatic carbocycles. The Morgan fingerprint density at radius 3 is 2.80 bits per heavy atom. The molecule has 1 unspecified atom stereocenters. The zero-order valence-electron chi connectivity index (χ0n) is 13.6. The van der Waals surface area contributed by atoms with Gasteiger partial charge in [0.2, 0.25) is 5.91 Å². The number of carbonyl (C=O) groups excluding carboxylic acids is 1. The summed E-state index contributed by atoms with van der Waals surface area (Å²) in [6.07, 6.45) is 1.97. The minimum atomic E-state index is -0.300. The molecule has 1 amide bonds. The molecule has 0 saturated carbocycles. The molecular formula is C19H16FN3O2. The normalized spacial score (nSPS) is 16.2. The van der Waals surface area contributed by atoms with Gasteiger partial charge in [-0.2, -0.15) is 0 Å². The van der Waals surface area contributed by atoms with Crippen LogP contribution in [0.5, 0.6) is 5.75 Å². The van der Waals surface area contributed by atoms with E-state index in [1.807, 2.05) is 28.8 Å². The molecule has 0 spiro atoms. The topological polar surface area (TPSA) is 56.1 Å². The van der Waals surface area contributed by atoms with E-state index in [0.717, 1.165) is 22.7 Å². The summed E-state index contributed by atoms with van der Waals surface area (Å²) >= 11 is 0. The number of benzene rings is 2. The first-order valence-electron chi connectivity index (χ1n) is 7.92. The maximum atomic E-state index is 13.2. The molecule has 2 aromatic carbocycles. The number of nitrogens with zero attached hydrogens (tertiary/aromatic N) is 2. The third kappa shape index (κ3) is 2.76. The number of nitrogens with one attached hydrogen (secondary N) is 1. The average Bonchev–Trinajstić information content (AvgIpc) is 3.05. The lowest BCUT2D eigenvalue weighted by molar-refractivity contribution is -0.116. The molecule has 25 heavy (non-hydrogen) atoms. The van der Waals surface area contributed by atoms with Gasteiger partial charge < -0.3 is 10.1 Å². The van der Waals surface area contributed by atoms with E-state index in [-0.39, 0.29) is 24.1 Å². The molecule has 6 heteroatoms. The molecule has 0 radical (unpaired) electrons. The lowest BCUT2D eigenvalue weighted by Crippen LogP contribution is -2.24. The predicted molar refractivity (Wildman–Crippen MR) is 91.6 cm³/mol. The van der Waals surface area contributed by atoms with Crippen LogP contribution >= 0.6 is 0 Å². The molecule has 126 valence electrons. The van der Waals surface area contributed by atoms with E-state index >= 15 is 0 Å². The predicted octanol–water partition coefficient (Wildman–Crippen LogP) is 3.49. The molecule has 0 saturated heterocycles. The highest BCUT2D eigenvalue weighted by Gasteiger charge is 2.31. The van der Waals surface area contributed by atoms with Gasteiger partial charge in [0.25, 0.3) is 0 Å². The number of imidazole rings is 1. The number of ether oxygens (including phenoxy) is 1. The molecule has 5 nitrogen and oxygen atoms in total. The Kier molecular flexibility index (Phi) is 3.72. The Balaban J connectivity index is 1.79. The highest BCUT2D eigenvalue weighted by atomic mass is 19.1. The van der Waals surface area contributed by atoms with Crippen LogP contribution in [-0.2, 0) is 4.79 Å². The fourth-order valence-corrected chi connectivity index (χ4v) is 3.13. The van der Waals surface area contributed by atoms with Crippen LogP contribution in [0.4, 0.5) is 10.2 Å². The van der Waals surface area contributed by atoms with Crippen LogP contribution in [0.15, 0.2) is 54.9 Å². The number of aromatic nitrogens is 2. The highest BCUT2D eigenvalue weighted by molar-refractivity contribution is 5.94. The first kappa shape index (κ1) is 15.4. The number of amides is 1.